The molecule has 12 heteroatoms. The minimum atomic E-state index is -0.402. The second kappa shape index (κ2) is 14.9. The van der Waals surface area contributed by atoms with Crippen LogP contribution >= 0.6 is 0 Å². The van der Waals surface area contributed by atoms with Crippen LogP contribution < -0.4 is 24.3 Å². The van der Waals surface area contributed by atoms with E-state index in [1.54, 1.807) is 38.5 Å². The maximum absolute atomic E-state index is 13.9. The summed E-state index contributed by atoms with van der Waals surface area (Å²) in [6.45, 7) is 5.72. The van der Waals surface area contributed by atoms with Gasteiger partial charge in [-0.2, -0.15) is 4.36 Å². The van der Waals surface area contributed by atoms with Gasteiger partial charge in [0.2, 0.25) is 0 Å². The molecule has 3 aliphatic heterocycles. The zero-order valence-electron chi connectivity index (χ0n) is 30.6. The molecular weight excluding hydrogens is 691 g/mol. The molecule has 0 saturated carbocycles. The molecule has 53 heavy (non-hydrogen) atoms. The number of fused-ring (bicyclic) bond motifs is 3. The lowest BCUT2D eigenvalue weighted by Crippen LogP contribution is -2.45. The number of nitrogens with one attached hydrogen (secondary N) is 1. The molecule has 274 valence electrons. The third-order valence-corrected chi connectivity index (χ3v) is 10.6. The van der Waals surface area contributed by atoms with Crippen LogP contribution in [0.2, 0.25) is 0 Å². The van der Waals surface area contributed by atoms with Gasteiger partial charge >= 0.3 is 0 Å². The van der Waals surface area contributed by atoms with E-state index < -0.39 is 5.54 Å². The van der Waals surface area contributed by atoms with Gasteiger partial charge in [-0.25, -0.2) is 0 Å². The molecule has 0 aromatic heterocycles. The van der Waals surface area contributed by atoms with Crippen molar-refractivity contribution in [3.63, 3.8) is 0 Å². The molecule has 4 aromatic rings. The molecule has 1 N–H and O–H groups in total. The van der Waals surface area contributed by atoms with Crippen molar-refractivity contribution in [2.75, 3.05) is 33.1 Å². The Bertz CT molecular complexity index is 2120. The number of hydrogen-bond acceptors (Lipinski definition) is 10. The number of methoxy groups -OCH3 is 2. The fourth-order valence-electron chi connectivity index (χ4n) is 7.48. The van der Waals surface area contributed by atoms with Crippen LogP contribution in [0.3, 0.4) is 0 Å². The summed E-state index contributed by atoms with van der Waals surface area (Å²) < 4.78 is 28.0. The number of benzene rings is 4. The first-order chi connectivity index (χ1) is 25.6. The lowest BCUT2D eigenvalue weighted by molar-refractivity contribution is 0.0657. The number of ether oxygens (including phenoxy) is 4. The third kappa shape index (κ3) is 7.03. The van der Waals surface area contributed by atoms with E-state index in [0.717, 1.165) is 41.6 Å². The molecule has 3 aliphatic rings. The quantitative estimate of drug-likeness (QED) is 0.168. The topological polar surface area (TPSA) is 114 Å². The van der Waals surface area contributed by atoms with Gasteiger partial charge in [0.25, 0.3) is 11.8 Å². The molecule has 1 unspecified atom stereocenters. The second-order valence-electron chi connectivity index (χ2n) is 13.9. The number of carbonyl (C=O) groups is 2. The molecule has 1 fully saturated rings. The number of aliphatic imine (C=N–C) groups is 1. The Labute approximate surface area is 315 Å². The molecule has 11 nitrogen and oxygen atoms in total. The van der Waals surface area contributed by atoms with Crippen LogP contribution in [0, 0.1) is 0 Å². The van der Waals surface area contributed by atoms with E-state index in [9.17, 15) is 9.59 Å². The number of amides is 2. The first-order valence-electron chi connectivity index (χ1n) is 17.7. The average Bonchev–Trinajstić information content (AvgIpc) is 3.54. The maximum atomic E-state index is 13.9. The smallest absolute Gasteiger partial charge is 0.256 e. The molecule has 0 spiro atoms. The Morgan fingerprint density at radius 2 is 1.64 bits per heavy atom. The van der Waals surface area contributed by atoms with Gasteiger partial charge in [-0.3, -0.25) is 14.6 Å². The number of rotatable bonds is 11. The summed E-state index contributed by atoms with van der Waals surface area (Å²) in [5.74, 6) is 1.55. The number of carbonyl (C=O) groups excluding carboxylic acids is 2. The zero-order valence-corrected chi connectivity index (χ0v) is 31.4. The van der Waals surface area contributed by atoms with Crippen LogP contribution in [0.25, 0.3) is 0 Å². The summed E-state index contributed by atoms with van der Waals surface area (Å²) in [5.41, 5.74) is 6.38. The Morgan fingerprint density at radius 3 is 2.32 bits per heavy atom. The van der Waals surface area contributed by atoms with E-state index >= 15 is 0 Å². The minimum Gasteiger partial charge on any atom is -0.493 e. The molecule has 2 atom stereocenters. The fourth-order valence-corrected chi connectivity index (χ4v) is 7.63. The van der Waals surface area contributed by atoms with Crippen LogP contribution in [-0.4, -0.2) is 67.2 Å². The Morgan fingerprint density at radius 1 is 0.962 bits per heavy atom. The Hall–Kier alpha value is -5.49. The maximum Gasteiger partial charge on any atom is 0.256 e. The normalized spacial score (nSPS) is 18.7. The van der Waals surface area contributed by atoms with Crippen molar-refractivity contribution in [1.29, 1.82) is 0 Å². The SMILES string of the molecule is CNc1cc(COc2cc(N=S)c(C(=O)N3Cc4ccccc4CC3C)cc2OC)cc(COc2cc3c(cc2OC)C(=O)N2CCC[C@@]2(C)C=N3)c1. The molecule has 0 bridgehead atoms. The third-order valence-electron chi connectivity index (χ3n) is 10.4. The minimum absolute atomic E-state index is 0.00649. The van der Waals surface area contributed by atoms with Crippen molar-refractivity contribution < 1.29 is 28.5 Å². The molecule has 7 rings (SSSR count). The molecule has 0 aliphatic carbocycles. The fraction of sp³-hybridized carbons (Fsp3) is 0.341. The van der Waals surface area contributed by atoms with E-state index in [2.05, 4.69) is 28.7 Å². The largest absolute Gasteiger partial charge is 0.493 e. The van der Waals surface area contributed by atoms with Gasteiger partial charge in [-0.05, 0) is 85.7 Å². The lowest BCUT2D eigenvalue weighted by atomic mass is 9.94. The first-order valence-corrected chi connectivity index (χ1v) is 18.1. The molecular formula is C41H43N5O6S. The van der Waals surface area contributed by atoms with Crippen molar-refractivity contribution in [3.8, 4) is 23.0 Å². The first kappa shape index (κ1) is 35.9. The van der Waals surface area contributed by atoms with E-state index in [0.29, 0.717) is 58.6 Å². The summed E-state index contributed by atoms with van der Waals surface area (Å²) in [7, 11) is 4.95. The van der Waals surface area contributed by atoms with Crippen molar-refractivity contribution in [1.82, 2.24) is 9.80 Å². The lowest BCUT2D eigenvalue weighted by Gasteiger charge is -2.35. The summed E-state index contributed by atoms with van der Waals surface area (Å²) in [5, 5.41) is 3.21. The second-order valence-corrected chi connectivity index (χ2v) is 14.1. The highest BCUT2D eigenvalue weighted by molar-refractivity contribution is 7.47. The number of nitrogens with zero attached hydrogens (tertiary/aromatic N) is 4. The van der Waals surface area contributed by atoms with Crippen LogP contribution in [0.5, 0.6) is 23.0 Å². The van der Waals surface area contributed by atoms with Gasteiger partial charge in [-0.1, -0.05) is 24.3 Å². The van der Waals surface area contributed by atoms with Crippen molar-refractivity contribution in [2.45, 2.75) is 64.4 Å². The highest BCUT2D eigenvalue weighted by atomic mass is 32.1. The van der Waals surface area contributed by atoms with Crippen molar-refractivity contribution >= 4 is 47.5 Å². The molecule has 4 aromatic carbocycles. The Balaban J connectivity index is 1.08. The molecule has 0 radical (unpaired) electrons. The van der Waals surface area contributed by atoms with Crippen LogP contribution in [0.15, 0.2) is 76.1 Å². The average molecular weight is 734 g/mol. The van der Waals surface area contributed by atoms with Crippen molar-refractivity contribution in [2.24, 2.45) is 9.36 Å². The van der Waals surface area contributed by atoms with E-state index in [1.165, 1.54) is 5.56 Å². The molecule has 3 heterocycles. The highest BCUT2D eigenvalue weighted by Crippen LogP contribution is 2.41. The standard InChI is InChI=1S/C41H43N5O6S/c1-25-13-28-9-6-7-10-29(28)21-45(25)39(47)32-18-36(50-5)38(20-34(32)44-53)52-23-27-14-26(15-30(16-27)42-3)22-51-37-19-33-31(17-35(37)49-4)40(48)46-12-8-11-41(46,2)24-43-33/h6-7,9-10,14-20,24-25,42H,8,11-13,21-23H2,1-5H3/t25?,41-/m0/s1. The summed E-state index contributed by atoms with van der Waals surface area (Å²) in [6, 6.07) is 21.0. The molecule has 2 amide bonds. The van der Waals surface area contributed by atoms with Gasteiger partial charge in [0.05, 0.1) is 42.3 Å². The van der Waals surface area contributed by atoms with Crippen LogP contribution in [0.1, 0.15) is 69.7 Å². The van der Waals surface area contributed by atoms with Gasteiger partial charge in [0.1, 0.15) is 13.2 Å². The monoisotopic (exact) mass is 733 g/mol. The summed E-state index contributed by atoms with van der Waals surface area (Å²) >= 11 is 5.14. The van der Waals surface area contributed by atoms with Crippen LogP contribution in [-0.2, 0) is 38.6 Å². The van der Waals surface area contributed by atoms with Crippen LogP contribution in [0.4, 0.5) is 17.1 Å². The highest BCUT2D eigenvalue weighted by Gasteiger charge is 2.41. The predicted molar refractivity (Wildman–Crippen MR) is 206 cm³/mol. The van der Waals surface area contributed by atoms with E-state index in [-0.39, 0.29) is 31.1 Å². The van der Waals surface area contributed by atoms with E-state index in [4.69, 9.17) is 36.4 Å². The Kier molecular flexibility index (Phi) is 10.1. The predicted octanol–water partition coefficient (Wildman–Crippen LogP) is 7.56. The summed E-state index contributed by atoms with van der Waals surface area (Å²) in [4.78, 5) is 35.8. The molecule has 1 saturated heterocycles. The van der Waals surface area contributed by atoms with Gasteiger partial charge in [0.15, 0.2) is 23.0 Å². The van der Waals surface area contributed by atoms with Gasteiger partial charge in [0, 0.05) is 62.6 Å². The van der Waals surface area contributed by atoms with Gasteiger partial charge < -0.3 is 34.1 Å². The zero-order chi connectivity index (χ0) is 37.3. The number of hydrogen-bond donors (Lipinski definition) is 1. The number of anilines is 1. The van der Waals surface area contributed by atoms with E-state index in [1.807, 2.05) is 60.3 Å². The van der Waals surface area contributed by atoms with Gasteiger partial charge in [-0.15, -0.1) is 0 Å². The van der Waals surface area contributed by atoms with Crippen molar-refractivity contribution in [3.05, 3.63) is 100 Å². The summed E-state index contributed by atoms with van der Waals surface area (Å²) in [6.07, 6.45) is 4.47.